The van der Waals surface area contributed by atoms with Gasteiger partial charge in [0.1, 0.15) is 0 Å². The molecule has 0 spiro atoms. The summed E-state index contributed by atoms with van der Waals surface area (Å²) in [4.78, 5) is 13.9. The summed E-state index contributed by atoms with van der Waals surface area (Å²) in [5.41, 5.74) is 0.895. The van der Waals surface area contributed by atoms with Crippen molar-refractivity contribution in [3.8, 4) is 0 Å². The molecule has 1 unspecified atom stereocenters. The largest absolute Gasteiger partial charge is 0.463 e. The van der Waals surface area contributed by atoms with E-state index in [1.165, 1.54) is 20.0 Å². The van der Waals surface area contributed by atoms with E-state index >= 15 is 0 Å². The van der Waals surface area contributed by atoms with E-state index in [1.54, 1.807) is 6.26 Å². The lowest BCUT2D eigenvalue weighted by atomic mass is 10.2. The predicted octanol–water partition coefficient (Wildman–Crippen LogP) is 1.64. The monoisotopic (exact) mass is 266 g/mol. The summed E-state index contributed by atoms with van der Waals surface area (Å²) >= 11 is 0. The van der Waals surface area contributed by atoms with Crippen LogP contribution in [-0.2, 0) is 11.3 Å². The Labute approximate surface area is 113 Å². The number of hydrogen-bond acceptors (Lipinski definition) is 5. The Hall–Kier alpha value is -1.33. The zero-order valence-corrected chi connectivity index (χ0v) is 11.6. The fourth-order valence-electron chi connectivity index (χ4n) is 2.50. The number of rotatable bonds is 6. The van der Waals surface area contributed by atoms with Gasteiger partial charge in [0.05, 0.1) is 13.4 Å². The Morgan fingerprint density at radius 3 is 3.11 bits per heavy atom. The van der Waals surface area contributed by atoms with Crippen LogP contribution in [0.5, 0.6) is 0 Å². The molecule has 1 saturated heterocycles. The second-order valence-corrected chi connectivity index (χ2v) is 4.89. The lowest BCUT2D eigenvalue weighted by molar-refractivity contribution is 0.0561. The number of ether oxygens (including phenoxy) is 1. The molecule has 1 atom stereocenters. The zero-order valence-electron chi connectivity index (χ0n) is 11.6. The third-order valence-corrected chi connectivity index (χ3v) is 3.60. The highest BCUT2D eigenvalue weighted by Gasteiger charge is 2.21. The van der Waals surface area contributed by atoms with Crippen LogP contribution >= 0.6 is 0 Å². The Kier molecular flexibility index (Phi) is 4.99. The number of furan rings is 1. The van der Waals surface area contributed by atoms with Crippen LogP contribution in [0.3, 0.4) is 0 Å². The van der Waals surface area contributed by atoms with Gasteiger partial charge in [0.25, 0.3) is 0 Å². The molecule has 1 N–H and O–H groups in total. The molecule has 2 heterocycles. The standard InChI is InChI=1S/C14H22N2O3/c1-3-16(10-12-5-4-7-15-12)9-11-6-8-19-13(11)14(17)18-2/h6,8,12,15H,3-5,7,9-10H2,1-2H3. The molecule has 0 aliphatic carbocycles. The molecule has 5 nitrogen and oxygen atoms in total. The van der Waals surface area contributed by atoms with Crippen molar-refractivity contribution < 1.29 is 13.9 Å². The highest BCUT2D eigenvalue weighted by atomic mass is 16.5. The minimum absolute atomic E-state index is 0.320. The van der Waals surface area contributed by atoms with Crippen LogP contribution in [-0.4, -0.2) is 43.7 Å². The highest BCUT2D eigenvalue weighted by molar-refractivity contribution is 5.87. The van der Waals surface area contributed by atoms with E-state index in [4.69, 9.17) is 9.15 Å². The molecule has 1 aliphatic rings. The third-order valence-electron chi connectivity index (χ3n) is 3.60. The summed E-state index contributed by atoms with van der Waals surface area (Å²) in [5.74, 6) is -0.0876. The van der Waals surface area contributed by atoms with Crippen molar-refractivity contribution in [2.45, 2.75) is 32.4 Å². The SMILES string of the molecule is CCN(Cc1ccoc1C(=O)OC)CC1CCCN1. The lowest BCUT2D eigenvalue weighted by Gasteiger charge is -2.23. The van der Waals surface area contributed by atoms with Crippen molar-refractivity contribution in [3.63, 3.8) is 0 Å². The number of carbonyl (C=O) groups excluding carboxylic acids is 1. The maximum absolute atomic E-state index is 11.6. The summed E-state index contributed by atoms with van der Waals surface area (Å²) in [6.45, 7) is 5.91. The number of methoxy groups -OCH3 is 1. The molecular weight excluding hydrogens is 244 g/mol. The van der Waals surface area contributed by atoms with E-state index in [0.717, 1.165) is 31.7 Å². The van der Waals surface area contributed by atoms with Crippen molar-refractivity contribution in [1.29, 1.82) is 0 Å². The minimum atomic E-state index is -0.407. The first kappa shape index (κ1) is 14.1. The summed E-state index contributed by atoms with van der Waals surface area (Å²) in [6.07, 6.45) is 4.02. The molecule has 0 saturated carbocycles. The van der Waals surface area contributed by atoms with Gasteiger partial charge in [0, 0.05) is 24.7 Å². The third kappa shape index (κ3) is 3.58. The van der Waals surface area contributed by atoms with Crippen molar-refractivity contribution in [3.05, 3.63) is 23.7 Å². The van der Waals surface area contributed by atoms with E-state index in [0.29, 0.717) is 11.8 Å². The van der Waals surface area contributed by atoms with Crippen LogP contribution in [0.4, 0.5) is 0 Å². The lowest BCUT2D eigenvalue weighted by Crippen LogP contribution is -2.37. The maximum Gasteiger partial charge on any atom is 0.374 e. The first-order chi connectivity index (χ1) is 9.24. The Bertz CT molecular complexity index is 411. The van der Waals surface area contributed by atoms with Gasteiger partial charge in [-0.3, -0.25) is 4.90 Å². The first-order valence-corrected chi connectivity index (χ1v) is 6.85. The van der Waals surface area contributed by atoms with Crippen LogP contribution in [0.1, 0.15) is 35.9 Å². The molecule has 106 valence electrons. The van der Waals surface area contributed by atoms with Gasteiger partial charge in [0.2, 0.25) is 5.76 Å². The van der Waals surface area contributed by atoms with Crippen molar-refractivity contribution >= 4 is 5.97 Å². The van der Waals surface area contributed by atoms with Crippen LogP contribution in [0.25, 0.3) is 0 Å². The first-order valence-electron chi connectivity index (χ1n) is 6.85. The topological polar surface area (TPSA) is 54.7 Å². The van der Waals surface area contributed by atoms with Crippen LogP contribution in [0.15, 0.2) is 16.7 Å². The number of hydrogen-bond donors (Lipinski definition) is 1. The number of nitrogens with one attached hydrogen (secondary N) is 1. The Balaban J connectivity index is 1.97. The van der Waals surface area contributed by atoms with Gasteiger partial charge in [0.15, 0.2) is 0 Å². The van der Waals surface area contributed by atoms with Gasteiger partial charge in [-0.15, -0.1) is 0 Å². The fourth-order valence-corrected chi connectivity index (χ4v) is 2.50. The molecule has 19 heavy (non-hydrogen) atoms. The molecule has 1 aromatic rings. The van der Waals surface area contributed by atoms with E-state index in [9.17, 15) is 4.79 Å². The maximum atomic E-state index is 11.6. The van der Waals surface area contributed by atoms with E-state index in [1.807, 2.05) is 6.07 Å². The smallest absolute Gasteiger partial charge is 0.374 e. The summed E-state index contributed by atoms with van der Waals surface area (Å²) in [5, 5.41) is 3.49. The molecule has 5 heteroatoms. The summed E-state index contributed by atoms with van der Waals surface area (Å²) in [6, 6.07) is 2.41. The van der Waals surface area contributed by atoms with E-state index in [2.05, 4.69) is 17.1 Å². The molecule has 0 bridgehead atoms. The molecule has 1 fully saturated rings. The predicted molar refractivity (Wildman–Crippen MR) is 72.0 cm³/mol. The van der Waals surface area contributed by atoms with Crippen molar-refractivity contribution in [2.75, 3.05) is 26.7 Å². The highest BCUT2D eigenvalue weighted by Crippen LogP contribution is 2.16. The normalized spacial score (nSPS) is 19.0. The van der Waals surface area contributed by atoms with Crippen LogP contribution in [0.2, 0.25) is 0 Å². The van der Waals surface area contributed by atoms with Gasteiger partial charge in [-0.05, 0) is 32.0 Å². The second kappa shape index (κ2) is 6.73. The molecule has 0 radical (unpaired) electrons. The van der Waals surface area contributed by atoms with Gasteiger partial charge >= 0.3 is 5.97 Å². The average molecular weight is 266 g/mol. The molecule has 1 aliphatic heterocycles. The quantitative estimate of drug-likeness (QED) is 0.793. The van der Waals surface area contributed by atoms with E-state index < -0.39 is 5.97 Å². The molecule has 2 rings (SSSR count). The Morgan fingerprint density at radius 2 is 2.47 bits per heavy atom. The Morgan fingerprint density at radius 1 is 1.63 bits per heavy atom. The summed E-state index contributed by atoms with van der Waals surface area (Å²) in [7, 11) is 1.37. The number of likely N-dealkylation sites (N-methyl/N-ethyl adjacent to an activating group) is 1. The van der Waals surface area contributed by atoms with Crippen molar-refractivity contribution in [2.24, 2.45) is 0 Å². The molecule has 1 aromatic heterocycles. The summed E-state index contributed by atoms with van der Waals surface area (Å²) < 4.78 is 9.94. The number of esters is 1. The van der Waals surface area contributed by atoms with Gasteiger partial charge in [-0.1, -0.05) is 6.92 Å². The molecule has 0 aromatic carbocycles. The van der Waals surface area contributed by atoms with Crippen LogP contribution in [0, 0.1) is 0 Å². The van der Waals surface area contributed by atoms with E-state index in [-0.39, 0.29) is 0 Å². The zero-order chi connectivity index (χ0) is 13.7. The van der Waals surface area contributed by atoms with Gasteiger partial charge in [-0.25, -0.2) is 4.79 Å². The van der Waals surface area contributed by atoms with Gasteiger partial charge in [-0.2, -0.15) is 0 Å². The fraction of sp³-hybridized carbons (Fsp3) is 0.643. The molecule has 0 amide bonds. The molecular formula is C14H22N2O3. The second-order valence-electron chi connectivity index (χ2n) is 4.89. The number of nitrogens with zero attached hydrogens (tertiary/aromatic N) is 1. The minimum Gasteiger partial charge on any atom is -0.463 e. The van der Waals surface area contributed by atoms with Crippen molar-refractivity contribution in [1.82, 2.24) is 10.2 Å². The van der Waals surface area contributed by atoms with Crippen LogP contribution < -0.4 is 5.32 Å². The number of carbonyl (C=O) groups is 1. The van der Waals surface area contributed by atoms with Gasteiger partial charge < -0.3 is 14.5 Å². The average Bonchev–Trinajstić information content (AvgIpc) is 3.08.